The van der Waals surface area contributed by atoms with Crippen LogP contribution in [0.3, 0.4) is 0 Å². The normalized spacial score (nSPS) is 36.2. The van der Waals surface area contributed by atoms with Gasteiger partial charge in [-0.2, -0.15) is 0 Å². The molecule has 2 heterocycles. The van der Waals surface area contributed by atoms with Crippen LogP contribution in [-0.4, -0.2) is 88.4 Å². The van der Waals surface area contributed by atoms with Crippen molar-refractivity contribution in [2.75, 3.05) is 6.61 Å². The van der Waals surface area contributed by atoms with Crippen LogP contribution in [0.25, 0.3) is 11.0 Å². The second-order valence-corrected chi connectivity index (χ2v) is 7.96. The molecule has 2 aromatic rings. The number of nitrogens with zero attached hydrogens (tertiary/aromatic N) is 2. The molecule has 4 rings (SSSR count). The van der Waals surface area contributed by atoms with Gasteiger partial charge in [-0.15, -0.1) is 0 Å². The highest BCUT2D eigenvalue weighted by atomic mass is 16.5. The number of ether oxygens (including phenoxy) is 1. The lowest BCUT2D eigenvalue weighted by Gasteiger charge is -2.47. The molecule has 0 spiro atoms. The van der Waals surface area contributed by atoms with E-state index in [0.29, 0.717) is 16.6 Å². The molecule has 1 aromatic carbocycles. The standard InChI is InChI=1S/C21H24N2O8/c24-9-15-17(27)18(28)19(29)20(31-15)16-14(26)6-11(25)8-21(16,30)7-10-1-2-12-13(5-10)23-4-3-22-12/h1-6,8,15-20,24-30H,7,9H2/t15-,16?,17-,18+,19-,20?,21?/m1/s1. The summed E-state index contributed by atoms with van der Waals surface area (Å²) in [6, 6.07) is 5.12. The Morgan fingerprint density at radius 1 is 0.968 bits per heavy atom. The minimum atomic E-state index is -1.94. The van der Waals surface area contributed by atoms with E-state index in [1.165, 1.54) is 6.20 Å². The molecule has 166 valence electrons. The van der Waals surface area contributed by atoms with E-state index in [2.05, 4.69) is 9.97 Å². The summed E-state index contributed by atoms with van der Waals surface area (Å²) in [5.41, 5.74) is -0.110. The minimum Gasteiger partial charge on any atom is -0.512 e. The van der Waals surface area contributed by atoms with Crippen molar-refractivity contribution in [1.82, 2.24) is 9.97 Å². The summed E-state index contributed by atoms with van der Waals surface area (Å²) in [6.45, 7) is -0.651. The Morgan fingerprint density at radius 3 is 2.39 bits per heavy atom. The van der Waals surface area contributed by atoms with Gasteiger partial charge in [0.25, 0.3) is 0 Å². The molecule has 1 fully saturated rings. The predicted molar refractivity (Wildman–Crippen MR) is 107 cm³/mol. The first-order valence-electron chi connectivity index (χ1n) is 9.78. The first-order chi connectivity index (χ1) is 14.7. The molecule has 0 radical (unpaired) electrons. The highest BCUT2D eigenvalue weighted by molar-refractivity contribution is 5.74. The monoisotopic (exact) mass is 432 g/mol. The Balaban J connectivity index is 1.71. The summed E-state index contributed by atoms with van der Waals surface area (Å²) in [4.78, 5) is 8.41. The minimum absolute atomic E-state index is 0.110. The van der Waals surface area contributed by atoms with E-state index >= 15 is 0 Å². The van der Waals surface area contributed by atoms with Crippen molar-refractivity contribution in [2.45, 2.75) is 42.5 Å². The first-order valence-corrected chi connectivity index (χ1v) is 9.78. The summed E-state index contributed by atoms with van der Waals surface area (Å²) in [7, 11) is 0. The Morgan fingerprint density at radius 2 is 1.68 bits per heavy atom. The highest BCUT2D eigenvalue weighted by Gasteiger charge is 2.54. The molecule has 1 aromatic heterocycles. The van der Waals surface area contributed by atoms with Crippen LogP contribution >= 0.6 is 0 Å². The molecule has 1 aliphatic heterocycles. The first kappa shape index (κ1) is 21.6. The zero-order chi connectivity index (χ0) is 22.3. The molecule has 31 heavy (non-hydrogen) atoms. The van der Waals surface area contributed by atoms with E-state index in [9.17, 15) is 35.7 Å². The molecular weight excluding hydrogens is 408 g/mol. The van der Waals surface area contributed by atoms with Crippen molar-refractivity contribution in [2.24, 2.45) is 5.92 Å². The Labute approximate surface area is 177 Å². The van der Waals surface area contributed by atoms with Gasteiger partial charge in [-0.05, 0) is 23.8 Å². The van der Waals surface area contributed by atoms with E-state index in [1.54, 1.807) is 24.4 Å². The summed E-state index contributed by atoms with van der Waals surface area (Å²) in [5.74, 6) is -2.18. The molecule has 10 heteroatoms. The Bertz CT molecular complexity index is 1030. The molecule has 10 nitrogen and oxygen atoms in total. The topological polar surface area (TPSA) is 177 Å². The summed E-state index contributed by atoms with van der Waals surface area (Å²) in [5, 5.41) is 72.4. The third-order valence-corrected chi connectivity index (χ3v) is 5.83. The van der Waals surface area contributed by atoms with Crippen LogP contribution in [0, 0.1) is 5.92 Å². The molecule has 7 N–H and O–H groups in total. The van der Waals surface area contributed by atoms with Gasteiger partial charge >= 0.3 is 0 Å². The third-order valence-electron chi connectivity index (χ3n) is 5.83. The van der Waals surface area contributed by atoms with E-state index in [4.69, 9.17) is 4.74 Å². The fourth-order valence-electron chi connectivity index (χ4n) is 4.35. The van der Waals surface area contributed by atoms with Crippen molar-refractivity contribution in [3.8, 4) is 0 Å². The lowest BCUT2D eigenvalue weighted by molar-refractivity contribution is -0.251. The number of aliphatic hydroxyl groups excluding tert-OH is 6. The van der Waals surface area contributed by atoms with Crippen LogP contribution in [0.2, 0.25) is 0 Å². The predicted octanol–water partition coefficient (Wildman–Crippen LogP) is -0.741. The van der Waals surface area contributed by atoms with Gasteiger partial charge in [0.2, 0.25) is 0 Å². The highest BCUT2D eigenvalue weighted by Crippen LogP contribution is 2.41. The van der Waals surface area contributed by atoms with Crippen molar-refractivity contribution in [1.29, 1.82) is 0 Å². The number of hydrogen-bond donors (Lipinski definition) is 7. The van der Waals surface area contributed by atoms with E-state index < -0.39 is 54.4 Å². The van der Waals surface area contributed by atoms with Gasteiger partial charge in [0.15, 0.2) is 0 Å². The van der Waals surface area contributed by atoms with Gasteiger partial charge < -0.3 is 40.5 Å². The van der Waals surface area contributed by atoms with Gasteiger partial charge in [0.05, 0.1) is 29.7 Å². The average Bonchev–Trinajstić information content (AvgIpc) is 2.72. The number of benzene rings is 1. The molecule has 1 aliphatic carbocycles. The largest absolute Gasteiger partial charge is 0.512 e. The van der Waals surface area contributed by atoms with Crippen molar-refractivity contribution >= 4 is 11.0 Å². The number of aliphatic hydroxyl groups is 7. The van der Waals surface area contributed by atoms with Crippen molar-refractivity contribution < 1.29 is 40.5 Å². The molecule has 3 unspecified atom stereocenters. The maximum Gasteiger partial charge on any atom is 0.117 e. The smallest absolute Gasteiger partial charge is 0.117 e. The fourth-order valence-corrected chi connectivity index (χ4v) is 4.35. The maximum absolute atomic E-state index is 11.5. The van der Waals surface area contributed by atoms with Gasteiger partial charge in [-0.3, -0.25) is 9.97 Å². The quantitative estimate of drug-likeness (QED) is 0.326. The summed E-state index contributed by atoms with van der Waals surface area (Å²) in [6.07, 6.45) is -2.44. The summed E-state index contributed by atoms with van der Waals surface area (Å²) < 4.78 is 5.57. The van der Waals surface area contributed by atoms with Gasteiger partial charge in [-0.1, -0.05) is 6.07 Å². The van der Waals surface area contributed by atoms with Crippen LogP contribution < -0.4 is 0 Å². The van der Waals surface area contributed by atoms with Crippen LogP contribution in [0.15, 0.2) is 54.3 Å². The average molecular weight is 432 g/mol. The van der Waals surface area contributed by atoms with Gasteiger partial charge in [0.1, 0.15) is 41.5 Å². The zero-order valence-electron chi connectivity index (χ0n) is 16.4. The van der Waals surface area contributed by atoms with E-state index in [-0.39, 0.29) is 12.2 Å². The number of fused-ring (bicyclic) bond motifs is 1. The molecule has 2 aliphatic rings. The molecule has 1 saturated heterocycles. The molecular formula is C21H24N2O8. The molecule has 0 bridgehead atoms. The zero-order valence-corrected chi connectivity index (χ0v) is 16.4. The second-order valence-electron chi connectivity index (χ2n) is 7.96. The Kier molecular flexibility index (Phi) is 5.69. The van der Waals surface area contributed by atoms with E-state index in [0.717, 1.165) is 12.2 Å². The molecule has 0 amide bonds. The molecule has 7 atom stereocenters. The van der Waals surface area contributed by atoms with Crippen LogP contribution in [-0.2, 0) is 11.2 Å². The number of allylic oxidation sites excluding steroid dienone is 1. The van der Waals surface area contributed by atoms with Crippen LogP contribution in [0.5, 0.6) is 0 Å². The van der Waals surface area contributed by atoms with Crippen LogP contribution in [0.4, 0.5) is 0 Å². The lowest BCUT2D eigenvalue weighted by Crippen LogP contribution is -2.63. The van der Waals surface area contributed by atoms with E-state index in [1.807, 2.05) is 0 Å². The molecule has 0 saturated carbocycles. The second kappa shape index (κ2) is 8.15. The number of rotatable bonds is 4. The lowest BCUT2D eigenvalue weighted by atomic mass is 9.72. The summed E-state index contributed by atoms with van der Waals surface area (Å²) >= 11 is 0. The fraction of sp³-hybridized carbons (Fsp3) is 0.429. The van der Waals surface area contributed by atoms with Crippen molar-refractivity contribution in [3.63, 3.8) is 0 Å². The van der Waals surface area contributed by atoms with Crippen LogP contribution in [0.1, 0.15) is 5.56 Å². The van der Waals surface area contributed by atoms with Gasteiger partial charge in [-0.25, -0.2) is 0 Å². The number of aromatic nitrogens is 2. The third kappa shape index (κ3) is 3.89. The van der Waals surface area contributed by atoms with Crippen molar-refractivity contribution in [3.05, 3.63) is 59.8 Å². The van der Waals surface area contributed by atoms with Gasteiger partial charge in [0, 0.05) is 24.9 Å². The Hall–Kier alpha value is -2.60. The SMILES string of the molecule is OC[C@H]1OC(C2C(O)=CC(O)=CC2(O)Cc2ccc3nccnc3c2)[C@H](O)[C@@H](O)[C@@H]1O. The number of hydrogen-bond acceptors (Lipinski definition) is 10. The maximum atomic E-state index is 11.5.